The van der Waals surface area contributed by atoms with E-state index >= 15 is 0 Å². The Hall–Kier alpha value is -2.70. The standard InChI is InChI=1S/C28H40N2O8S/c1-28(2,3)37-27(32)29-25(18-21-10-6-5-7-11-21)26(31)19-30(38-23-12-8-9-13-23)39(33,34)24-16-14-22(15-17-24)36-20-35-4/h5-7,10-11,14-17,23,25-26,31H,8-9,12-13,18-20H2,1-4H3,(H,29,32). The fraction of sp³-hybridized carbons (Fsp3) is 0.536. The van der Waals surface area contributed by atoms with Crippen LogP contribution in [0.4, 0.5) is 4.79 Å². The fourth-order valence-electron chi connectivity index (χ4n) is 4.20. The van der Waals surface area contributed by atoms with Crippen LogP contribution in [0.15, 0.2) is 59.5 Å². The van der Waals surface area contributed by atoms with Gasteiger partial charge >= 0.3 is 6.09 Å². The van der Waals surface area contributed by atoms with Crippen molar-refractivity contribution in [3.05, 3.63) is 60.2 Å². The lowest BCUT2D eigenvalue weighted by atomic mass is 10.0. The molecule has 0 radical (unpaired) electrons. The molecule has 2 aromatic rings. The highest BCUT2D eigenvalue weighted by molar-refractivity contribution is 7.89. The first-order valence-electron chi connectivity index (χ1n) is 13.1. The molecule has 216 valence electrons. The summed E-state index contributed by atoms with van der Waals surface area (Å²) >= 11 is 0. The number of alkyl carbamates (subject to hydrolysis) is 1. The van der Waals surface area contributed by atoms with Crippen molar-refractivity contribution in [2.24, 2.45) is 0 Å². The third-order valence-electron chi connectivity index (χ3n) is 6.10. The van der Waals surface area contributed by atoms with Crippen molar-refractivity contribution >= 4 is 16.1 Å². The molecule has 0 saturated heterocycles. The molecule has 0 bridgehead atoms. The topological polar surface area (TPSA) is 124 Å². The monoisotopic (exact) mass is 564 g/mol. The summed E-state index contributed by atoms with van der Waals surface area (Å²) in [5.41, 5.74) is 0.113. The lowest BCUT2D eigenvalue weighted by Gasteiger charge is -2.31. The molecule has 0 heterocycles. The van der Waals surface area contributed by atoms with E-state index in [0.29, 0.717) is 5.75 Å². The minimum atomic E-state index is -4.16. The quantitative estimate of drug-likeness (QED) is 0.276. The van der Waals surface area contributed by atoms with Gasteiger partial charge in [0.05, 0.1) is 29.7 Å². The van der Waals surface area contributed by atoms with Gasteiger partial charge in [-0.1, -0.05) is 47.6 Å². The largest absolute Gasteiger partial charge is 0.468 e. The van der Waals surface area contributed by atoms with Crippen molar-refractivity contribution in [1.82, 2.24) is 9.79 Å². The predicted octanol–water partition coefficient (Wildman–Crippen LogP) is 4.03. The van der Waals surface area contributed by atoms with Gasteiger partial charge in [-0.25, -0.2) is 13.2 Å². The molecule has 1 fully saturated rings. The fourth-order valence-corrected chi connectivity index (χ4v) is 5.50. The van der Waals surface area contributed by atoms with E-state index in [0.717, 1.165) is 35.7 Å². The summed E-state index contributed by atoms with van der Waals surface area (Å²) in [7, 11) is -2.67. The van der Waals surface area contributed by atoms with Gasteiger partial charge in [-0.3, -0.25) is 4.84 Å². The number of nitrogens with one attached hydrogen (secondary N) is 1. The van der Waals surface area contributed by atoms with Crippen LogP contribution in [0.5, 0.6) is 5.75 Å². The molecular weight excluding hydrogens is 524 g/mol. The van der Waals surface area contributed by atoms with Crippen LogP contribution in [0.3, 0.4) is 0 Å². The maximum Gasteiger partial charge on any atom is 0.407 e. The van der Waals surface area contributed by atoms with E-state index in [1.807, 2.05) is 30.3 Å². The summed E-state index contributed by atoms with van der Waals surface area (Å²) in [5.74, 6) is 0.448. The lowest BCUT2D eigenvalue weighted by molar-refractivity contribution is -0.145. The van der Waals surface area contributed by atoms with Crippen LogP contribution in [-0.2, 0) is 30.8 Å². The van der Waals surface area contributed by atoms with Crippen LogP contribution in [0.25, 0.3) is 0 Å². The minimum absolute atomic E-state index is 0.0165. The highest BCUT2D eigenvalue weighted by Gasteiger charge is 2.35. The van der Waals surface area contributed by atoms with E-state index in [9.17, 15) is 18.3 Å². The van der Waals surface area contributed by atoms with Gasteiger partial charge in [-0.15, -0.1) is 0 Å². The second-order valence-electron chi connectivity index (χ2n) is 10.5. The Kier molecular flexibility index (Phi) is 11.1. The smallest absolute Gasteiger partial charge is 0.407 e. The summed E-state index contributed by atoms with van der Waals surface area (Å²) in [6, 6.07) is 14.3. The van der Waals surface area contributed by atoms with E-state index in [1.54, 1.807) is 20.8 Å². The molecule has 3 rings (SSSR count). The van der Waals surface area contributed by atoms with Crippen LogP contribution in [0.2, 0.25) is 0 Å². The molecule has 1 aliphatic rings. The third-order valence-corrected chi connectivity index (χ3v) is 7.74. The average Bonchev–Trinajstić information content (AvgIpc) is 3.39. The van der Waals surface area contributed by atoms with Gasteiger partial charge in [-0.2, -0.15) is 0 Å². The first-order chi connectivity index (χ1) is 18.5. The highest BCUT2D eigenvalue weighted by atomic mass is 32.2. The van der Waals surface area contributed by atoms with Crippen molar-refractivity contribution in [3.8, 4) is 5.75 Å². The van der Waals surface area contributed by atoms with Crippen molar-refractivity contribution < 1.29 is 37.4 Å². The number of carbonyl (C=O) groups excluding carboxylic acids is 1. The van der Waals surface area contributed by atoms with Gasteiger partial charge in [0.25, 0.3) is 10.0 Å². The molecule has 2 N–H and O–H groups in total. The molecule has 2 atom stereocenters. The molecule has 1 amide bonds. The molecule has 1 aliphatic carbocycles. The Morgan fingerprint density at radius 1 is 1.08 bits per heavy atom. The zero-order valence-electron chi connectivity index (χ0n) is 23.0. The highest BCUT2D eigenvalue weighted by Crippen LogP contribution is 2.27. The maximum absolute atomic E-state index is 13.7. The number of hydroxylamine groups is 1. The summed E-state index contributed by atoms with van der Waals surface area (Å²) in [5, 5.41) is 14.0. The molecule has 0 spiro atoms. The molecule has 0 aliphatic heterocycles. The van der Waals surface area contributed by atoms with Crippen molar-refractivity contribution in [1.29, 1.82) is 0 Å². The Labute approximate surface area is 231 Å². The predicted molar refractivity (Wildman–Crippen MR) is 145 cm³/mol. The summed E-state index contributed by atoms with van der Waals surface area (Å²) in [6.45, 7) is 4.86. The summed E-state index contributed by atoms with van der Waals surface area (Å²) in [4.78, 5) is 18.6. The van der Waals surface area contributed by atoms with E-state index in [-0.39, 0.29) is 24.2 Å². The van der Waals surface area contributed by atoms with Crippen LogP contribution in [0, 0.1) is 0 Å². The number of rotatable bonds is 13. The number of ether oxygens (including phenoxy) is 3. The average molecular weight is 565 g/mol. The van der Waals surface area contributed by atoms with E-state index in [2.05, 4.69) is 5.32 Å². The molecule has 0 aromatic heterocycles. The third kappa shape index (κ3) is 9.77. The molecule has 2 aromatic carbocycles. The van der Waals surface area contributed by atoms with E-state index in [1.165, 1.54) is 31.4 Å². The van der Waals surface area contributed by atoms with E-state index in [4.69, 9.17) is 19.0 Å². The lowest BCUT2D eigenvalue weighted by Crippen LogP contribution is -2.51. The molecule has 39 heavy (non-hydrogen) atoms. The van der Waals surface area contributed by atoms with Gasteiger partial charge in [0.1, 0.15) is 11.4 Å². The number of hydrogen-bond donors (Lipinski definition) is 2. The number of aliphatic hydroxyl groups is 1. The zero-order chi connectivity index (χ0) is 28.5. The van der Waals surface area contributed by atoms with Crippen molar-refractivity contribution in [2.75, 3.05) is 20.4 Å². The van der Waals surface area contributed by atoms with Crippen molar-refractivity contribution in [2.45, 2.75) is 81.6 Å². The number of carbonyl (C=O) groups is 1. The molecule has 11 heteroatoms. The molecule has 2 unspecified atom stereocenters. The van der Waals surface area contributed by atoms with Gasteiger partial charge in [0.2, 0.25) is 0 Å². The number of sulfonamides is 1. The number of methoxy groups -OCH3 is 1. The van der Waals surface area contributed by atoms with Crippen LogP contribution in [0.1, 0.15) is 52.0 Å². The minimum Gasteiger partial charge on any atom is -0.468 e. The Morgan fingerprint density at radius 2 is 1.72 bits per heavy atom. The Balaban J connectivity index is 1.84. The molecule has 10 nitrogen and oxygen atoms in total. The van der Waals surface area contributed by atoms with Crippen LogP contribution < -0.4 is 10.1 Å². The summed E-state index contributed by atoms with van der Waals surface area (Å²) < 4.78 is 43.9. The van der Waals surface area contributed by atoms with Gasteiger partial charge in [0, 0.05) is 7.11 Å². The second kappa shape index (κ2) is 14.1. The zero-order valence-corrected chi connectivity index (χ0v) is 23.9. The van der Waals surface area contributed by atoms with Gasteiger partial charge in [0.15, 0.2) is 6.79 Å². The molecular formula is C28H40N2O8S. The van der Waals surface area contributed by atoms with Crippen LogP contribution >= 0.6 is 0 Å². The number of benzene rings is 2. The van der Waals surface area contributed by atoms with Gasteiger partial charge < -0.3 is 24.6 Å². The van der Waals surface area contributed by atoms with E-state index < -0.39 is 40.4 Å². The Bertz CT molecular complexity index is 1130. The second-order valence-corrected chi connectivity index (χ2v) is 12.4. The van der Waals surface area contributed by atoms with Crippen LogP contribution in [-0.4, -0.2) is 68.4 Å². The Morgan fingerprint density at radius 3 is 2.31 bits per heavy atom. The maximum atomic E-state index is 13.7. The number of nitrogens with zero attached hydrogens (tertiary/aromatic N) is 1. The SMILES string of the molecule is COCOc1ccc(S(=O)(=O)N(CC(O)C(Cc2ccccc2)NC(=O)OC(C)(C)C)OC2CCCC2)cc1. The molecule has 1 saturated carbocycles. The van der Waals surface area contributed by atoms with Crippen molar-refractivity contribution in [3.63, 3.8) is 0 Å². The number of hydrogen-bond acceptors (Lipinski definition) is 8. The number of amides is 1. The first kappa shape index (κ1) is 30.8. The number of aliphatic hydroxyl groups excluding tert-OH is 1. The first-order valence-corrected chi connectivity index (χ1v) is 14.5. The summed E-state index contributed by atoms with van der Waals surface area (Å²) in [6.07, 6.45) is 1.25. The normalized spacial score (nSPS) is 16.2. The van der Waals surface area contributed by atoms with Gasteiger partial charge in [-0.05, 0) is 69.9 Å².